The molecule has 3 rings (SSSR count). The summed E-state index contributed by atoms with van der Waals surface area (Å²) < 4.78 is 40.8. The lowest BCUT2D eigenvalue weighted by Gasteiger charge is -2.25. The number of carbonyl (C=O) groups is 1. The molecule has 0 aliphatic carbocycles. The van der Waals surface area contributed by atoms with E-state index in [-0.39, 0.29) is 27.1 Å². The molecule has 0 bridgehead atoms. The van der Waals surface area contributed by atoms with Crippen molar-refractivity contribution < 1.29 is 18.0 Å². The molecule has 1 aromatic heterocycles. The van der Waals surface area contributed by atoms with Gasteiger partial charge >= 0.3 is 0 Å². The van der Waals surface area contributed by atoms with E-state index in [1.165, 1.54) is 24.1 Å². The summed E-state index contributed by atoms with van der Waals surface area (Å²) in [6, 6.07) is 4.53. The Labute approximate surface area is 156 Å². The lowest BCUT2D eigenvalue weighted by molar-refractivity contribution is 0.0740. The average molecular weight is 396 g/mol. The van der Waals surface area contributed by atoms with Crippen molar-refractivity contribution in [3.8, 4) is 0 Å². The predicted molar refractivity (Wildman–Crippen MR) is 94.2 cm³/mol. The number of carbonyl (C=O) groups excluding carboxylic acids is 1. The number of nitrogens with one attached hydrogen (secondary N) is 1. The molecule has 0 aliphatic rings. The van der Waals surface area contributed by atoms with Gasteiger partial charge in [-0.15, -0.1) is 0 Å². The van der Waals surface area contributed by atoms with Crippen LogP contribution in [0.2, 0.25) is 5.02 Å². The molecule has 5 nitrogen and oxygen atoms in total. The quantitative estimate of drug-likeness (QED) is 0.733. The van der Waals surface area contributed by atoms with Crippen LogP contribution < -0.4 is 5.56 Å². The maximum absolute atomic E-state index is 13.7. The van der Waals surface area contributed by atoms with Crippen LogP contribution in [0.1, 0.15) is 29.0 Å². The van der Waals surface area contributed by atoms with Gasteiger partial charge in [-0.25, -0.2) is 18.3 Å². The Hall–Kier alpha value is -2.87. The zero-order chi connectivity index (χ0) is 19.9. The fourth-order valence-corrected chi connectivity index (χ4v) is 2.81. The normalized spacial score (nSPS) is 12.2. The van der Waals surface area contributed by atoms with E-state index in [0.29, 0.717) is 0 Å². The van der Waals surface area contributed by atoms with E-state index in [1.54, 1.807) is 6.92 Å². The van der Waals surface area contributed by atoms with E-state index in [9.17, 15) is 22.8 Å². The highest BCUT2D eigenvalue weighted by atomic mass is 35.5. The van der Waals surface area contributed by atoms with Gasteiger partial charge in [-0.2, -0.15) is 5.10 Å². The third-order valence-corrected chi connectivity index (χ3v) is 4.63. The van der Waals surface area contributed by atoms with Gasteiger partial charge < -0.3 is 4.90 Å². The van der Waals surface area contributed by atoms with E-state index in [0.717, 1.165) is 18.2 Å². The highest BCUT2D eigenvalue weighted by Crippen LogP contribution is 2.26. The molecule has 0 saturated heterocycles. The Kier molecular flexibility index (Phi) is 4.93. The van der Waals surface area contributed by atoms with Gasteiger partial charge in [0.15, 0.2) is 11.6 Å². The number of amides is 1. The topological polar surface area (TPSA) is 66.1 Å². The number of hydrogen-bond acceptors (Lipinski definition) is 3. The van der Waals surface area contributed by atoms with Crippen LogP contribution in [-0.2, 0) is 0 Å². The lowest BCUT2D eigenvalue weighted by Crippen LogP contribution is -2.31. The Morgan fingerprint density at radius 3 is 2.37 bits per heavy atom. The average Bonchev–Trinajstić information content (AvgIpc) is 2.64. The van der Waals surface area contributed by atoms with Crippen LogP contribution in [-0.4, -0.2) is 28.1 Å². The summed E-state index contributed by atoms with van der Waals surface area (Å²) in [5.74, 6) is -3.59. The van der Waals surface area contributed by atoms with Crippen molar-refractivity contribution in [1.29, 1.82) is 0 Å². The molecule has 0 saturated carbocycles. The number of benzene rings is 2. The second-order valence-corrected chi connectivity index (χ2v) is 6.38. The number of fused-ring (bicyclic) bond motifs is 1. The molecule has 27 heavy (non-hydrogen) atoms. The number of nitrogens with zero attached hydrogens (tertiary/aromatic N) is 2. The molecule has 1 atom stereocenters. The van der Waals surface area contributed by atoms with Crippen LogP contribution in [0.3, 0.4) is 0 Å². The van der Waals surface area contributed by atoms with Gasteiger partial charge in [0.1, 0.15) is 5.82 Å². The van der Waals surface area contributed by atoms with Crippen molar-refractivity contribution in [3.05, 3.63) is 74.4 Å². The Bertz CT molecular complexity index is 1120. The van der Waals surface area contributed by atoms with Crippen molar-refractivity contribution in [2.75, 3.05) is 7.05 Å². The first-order chi connectivity index (χ1) is 12.7. The highest BCUT2D eigenvalue weighted by Gasteiger charge is 2.24. The van der Waals surface area contributed by atoms with E-state index in [1.807, 2.05) is 0 Å². The largest absolute Gasteiger partial charge is 0.333 e. The van der Waals surface area contributed by atoms with Crippen LogP contribution >= 0.6 is 11.6 Å². The van der Waals surface area contributed by atoms with Gasteiger partial charge in [0.05, 0.1) is 22.1 Å². The van der Waals surface area contributed by atoms with Crippen LogP contribution in [0.15, 0.2) is 35.1 Å². The van der Waals surface area contributed by atoms with Crippen molar-refractivity contribution in [1.82, 2.24) is 15.1 Å². The van der Waals surface area contributed by atoms with Gasteiger partial charge in [-0.1, -0.05) is 11.6 Å². The number of halogens is 4. The second kappa shape index (κ2) is 7.03. The molecule has 0 aliphatic heterocycles. The first kappa shape index (κ1) is 18.9. The molecular weight excluding hydrogens is 383 g/mol. The van der Waals surface area contributed by atoms with Crippen LogP contribution in [0.4, 0.5) is 13.2 Å². The molecular formula is C18H13ClF3N3O2. The van der Waals surface area contributed by atoms with E-state index in [2.05, 4.69) is 10.2 Å². The van der Waals surface area contributed by atoms with E-state index >= 15 is 0 Å². The molecule has 140 valence electrons. The number of H-pyrrole nitrogens is 1. The maximum atomic E-state index is 13.7. The molecule has 0 unspecified atom stereocenters. The summed E-state index contributed by atoms with van der Waals surface area (Å²) in [5.41, 5.74) is -0.473. The number of aromatic nitrogens is 2. The monoisotopic (exact) mass is 395 g/mol. The molecule has 0 radical (unpaired) electrons. The fourth-order valence-electron chi connectivity index (χ4n) is 2.69. The van der Waals surface area contributed by atoms with Gasteiger partial charge in [-0.3, -0.25) is 9.59 Å². The van der Waals surface area contributed by atoms with E-state index in [4.69, 9.17) is 11.6 Å². The summed E-state index contributed by atoms with van der Waals surface area (Å²) >= 11 is 5.62. The van der Waals surface area contributed by atoms with Crippen LogP contribution in [0.5, 0.6) is 0 Å². The van der Waals surface area contributed by atoms with Gasteiger partial charge in [0.25, 0.3) is 11.5 Å². The third kappa shape index (κ3) is 3.40. The zero-order valence-corrected chi connectivity index (χ0v) is 14.9. The fraction of sp³-hybridized carbons (Fsp3) is 0.167. The SMILES string of the molecule is C[C@H](c1n[nH]c(=O)c2cc(F)c(F)cc12)N(C)C(=O)c1ccc(Cl)c(F)c1. The second-order valence-electron chi connectivity index (χ2n) is 5.97. The lowest BCUT2D eigenvalue weighted by atomic mass is 10.0. The van der Waals surface area contributed by atoms with Crippen LogP contribution in [0, 0.1) is 17.5 Å². The number of hydrogen-bond donors (Lipinski definition) is 1. The molecule has 0 fully saturated rings. The van der Waals surface area contributed by atoms with Gasteiger partial charge in [0, 0.05) is 18.0 Å². The van der Waals surface area contributed by atoms with Crippen molar-refractivity contribution in [2.45, 2.75) is 13.0 Å². The molecule has 2 aromatic carbocycles. The molecule has 1 amide bonds. The Morgan fingerprint density at radius 2 is 1.74 bits per heavy atom. The smallest absolute Gasteiger partial charge is 0.272 e. The molecule has 1 heterocycles. The Balaban J connectivity index is 2.04. The molecule has 9 heteroatoms. The summed E-state index contributed by atoms with van der Waals surface area (Å²) in [4.78, 5) is 25.7. The van der Waals surface area contributed by atoms with Crippen LogP contribution in [0.25, 0.3) is 10.8 Å². The molecule has 3 aromatic rings. The highest BCUT2D eigenvalue weighted by molar-refractivity contribution is 6.30. The Morgan fingerprint density at radius 1 is 1.11 bits per heavy atom. The van der Waals surface area contributed by atoms with Gasteiger partial charge in [0.2, 0.25) is 0 Å². The zero-order valence-electron chi connectivity index (χ0n) is 14.2. The first-order valence-electron chi connectivity index (χ1n) is 7.80. The summed E-state index contributed by atoms with van der Waals surface area (Å²) in [6.45, 7) is 1.59. The van der Waals surface area contributed by atoms with Crippen molar-refractivity contribution in [2.24, 2.45) is 0 Å². The summed E-state index contributed by atoms with van der Waals surface area (Å²) in [5, 5.41) is 5.97. The minimum absolute atomic E-state index is 0.0530. The summed E-state index contributed by atoms with van der Waals surface area (Å²) in [6.07, 6.45) is 0. The third-order valence-electron chi connectivity index (χ3n) is 4.32. The van der Waals surface area contributed by atoms with E-state index < -0.39 is 35.0 Å². The minimum Gasteiger partial charge on any atom is -0.333 e. The maximum Gasteiger partial charge on any atom is 0.272 e. The van der Waals surface area contributed by atoms with Crippen molar-refractivity contribution in [3.63, 3.8) is 0 Å². The summed E-state index contributed by atoms with van der Waals surface area (Å²) in [7, 11) is 1.44. The van der Waals surface area contributed by atoms with Gasteiger partial charge in [-0.05, 0) is 37.3 Å². The standard InChI is InChI=1S/C18H13ClF3N3O2/c1-8(25(2)18(27)9-3-4-12(19)13(20)5-9)16-10-6-14(21)15(22)7-11(10)17(26)24-23-16/h3-8H,1-2H3,(H,24,26)/t8-/m1/s1. The molecule has 0 spiro atoms. The first-order valence-corrected chi connectivity index (χ1v) is 8.18. The van der Waals surface area contributed by atoms with Crippen molar-refractivity contribution >= 4 is 28.3 Å². The predicted octanol–water partition coefficient (Wildman–Crippen LogP) is 3.83. The number of aromatic amines is 1. The number of rotatable bonds is 3. The minimum atomic E-state index is -1.17. The molecule has 1 N–H and O–H groups in total.